The highest BCUT2D eigenvalue weighted by molar-refractivity contribution is 5.91. The third kappa shape index (κ3) is 6.30. The Kier molecular flexibility index (Phi) is 7.71. The number of H-pyrrole nitrogens is 1. The molecule has 0 amide bonds. The minimum atomic E-state index is -0.589. The fourth-order valence-electron chi connectivity index (χ4n) is 4.86. The van der Waals surface area contributed by atoms with Crippen LogP contribution >= 0.6 is 0 Å². The van der Waals surface area contributed by atoms with Crippen LogP contribution in [0, 0.1) is 16.6 Å². The average Bonchev–Trinajstić information content (AvgIpc) is 3.32. The standard InChI is InChI=1S/C30H35FN4O3/c1-19(20-7-11-22(31)12-8-20)34-26-24-15-25(35-27(24)33-18-32-26)21-9-13-23(14-10-21)38-17-29(2,3)16-30(4,5)28(36)37-6/h7-15,18-19H,16-17H2,1-6H3,(H2,32,33,34,35)/t19-/m1/s1. The Bertz CT molecular complexity index is 1400. The molecule has 7 nitrogen and oxygen atoms in total. The molecule has 0 aliphatic heterocycles. The van der Waals surface area contributed by atoms with E-state index >= 15 is 0 Å². The van der Waals surface area contributed by atoms with Gasteiger partial charge in [-0.25, -0.2) is 14.4 Å². The van der Waals surface area contributed by atoms with Crippen molar-refractivity contribution in [3.63, 3.8) is 0 Å². The van der Waals surface area contributed by atoms with E-state index in [4.69, 9.17) is 9.47 Å². The van der Waals surface area contributed by atoms with Crippen molar-refractivity contribution in [3.8, 4) is 17.0 Å². The minimum Gasteiger partial charge on any atom is -0.493 e. The number of halogens is 1. The van der Waals surface area contributed by atoms with Crippen molar-refractivity contribution in [1.82, 2.24) is 15.0 Å². The average molecular weight is 519 g/mol. The number of ether oxygens (including phenoxy) is 2. The molecule has 0 bridgehead atoms. The van der Waals surface area contributed by atoms with Crippen molar-refractivity contribution >= 4 is 22.8 Å². The molecule has 38 heavy (non-hydrogen) atoms. The third-order valence-electron chi connectivity index (χ3n) is 6.60. The van der Waals surface area contributed by atoms with Gasteiger partial charge in [0.2, 0.25) is 0 Å². The van der Waals surface area contributed by atoms with Crippen LogP contribution in [-0.4, -0.2) is 34.6 Å². The fraction of sp³-hybridized carbons (Fsp3) is 0.367. The summed E-state index contributed by atoms with van der Waals surface area (Å²) in [6.45, 7) is 10.4. The Hall–Kier alpha value is -3.94. The van der Waals surface area contributed by atoms with Crippen LogP contribution in [0.4, 0.5) is 10.2 Å². The van der Waals surface area contributed by atoms with Crippen LogP contribution in [0.1, 0.15) is 52.6 Å². The molecule has 0 radical (unpaired) electrons. The second-order valence-electron chi connectivity index (χ2n) is 11.1. The highest BCUT2D eigenvalue weighted by Gasteiger charge is 2.36. The largest absolute Gasteiger partial charge is 0.493 e. The lowest BCUT2D eigenvalue weighted by molar-refractivity contribution is -0.152. The first kappa shape index (κ1) is 27.1. The SMILES string of the molecule is COC(=O)C(C)(C)CC(C)(C)COc1ccc(-c2cc3c(N[C@H](C)c4ccc(F)cc4)ncnc3[nH]2)cc1. The topological polar surface area (TPSA) is 89.1 Å². The van der Waals surface area contributed by atoms with Crippen molar-refractivity contribution in [2.75, 3.05) is 19.0 Å². The predicted molar refractivity (Wildman–Crippen MR) is 147 cm³/mol. The van der Waals surface area contributed by atoms with Gasteiger partial charge < -0.3 is 19.8 Å². The molecule has 0 spiro atoms. The Labute approximate surface area is 222 Å². The van der Waals surface area contributed by atoms with Gasteiger partial charge in [0.15, 0.2) is 0 Å². The molecule has 0 saturated heterocycles. The van der Waals surface area contributed by atoms with E-state index in [0.29, 0.717) is 18.8 Å². The summed E-state index contributed by atoms with van der Waals surface area (Å²) < 4.78 is 24.3. The molecular formula is C30H35FN4O3. The van der Waals surface area contributed by atoms with Crippen molar-refractivity contribution in [2.24, 2.45) is 10.8 Å². The number of anilines is 1. The number of aromatic nitrogens is 3. The number of esters is 1. The molecule has 200 valence electrons. The van der Waals surface area contributed by atoms with Crippen molar-refractivity contribution < 1.29 is 18.7 Å². The molecule has 0 aliphatic carbocycles. The van der Waals surface area contributed by atoms with Crippen LogP contribution in [0.15, 0.2) is 60.9 Å². The molecule has 2 N–H and O–H groups in total. The van der Waals surface area contributed by atoms with Gasteiger partial charge >= 0.3 is 5.97 Å². The molecule has 2 aromatic heterocycles. The maximum Gasteiger partial charge on any atom is 0.311 e. The molecule has 4 aromatic rings. The van der Waals surface area contributed by atoms with Gasteiger partial charge in [-0.05, 0) is 86.2 Å². The van der Waals surface area contributed by atoms with Gasteiger partial charge in [-0.2, -0.15) is 0 Å². The van der Waals surface area contributed by atoms with Crippen molar-refractivity contribution in [2.45, 2.75) is 47.1 Å². The van der Waals surface area contributed by atoms with Gasteiger partial charge in [0.05, 0.1) is 24.5 Å². The number of benzene rings is 2. The van der Waals surface area contributed by atoms with Gasteiger partial charge in [0.1, 0.15) is 29.4 Å². The van der Waals surface area contributed by atoms with E-state index in [0.717, 1.165) is 33.6 Å². The number of hydrogen-bond donors (Lipinski definition) is 2. The first-order chi connectivity index (χ1) is 18.0. The monoisotopic (exact) mass is 518 g/mol. The maximum absolute atomic E-state index is 13.3. The first-order valence-corrected chi connectivity index (χ1v) is 12.6. The molecule has 4 rings (SSSR count). The molecule has 1 atom stereocenters. The molecule has 0 fully saturated rings. The lowest BCUT2D eigenvalue weighted by Crippen LogP contribution is -2.34. The second kappa shape index (κ2) is 10.8. The molecule has 0 unspecified atom stereocenters. The smallest absolute Gasteiger partial charge is 0.311 e. The van der Waals surface area contributed by atoms with E-state index in [9.17, 15) is 9.18 Å². The molecule has 2 heterocycles. The van der Waals surface area contributed by atoms with Gasteiger partial charge in [0.25, 0.3) is 0 Å². The highest BCUT2D eigenvalue weighted by atomic mass is 19.1. The lowest BCUT2D eigenvalue weighted by atomic mass is 9.75. The number of carbonyl (C=O) groups is 1. The summed E-state index contributed by atoms with van der Waals surface area (Å²) in [5.41, 5.74) is 2.76. The summed E-state index contributed by atoms with van der Waals surface area (Å²) in [4.78, 5) is 24.3. The Morgan fingerprint density at radius 3 is 2.39 bits per heavy atom. The van der Waals surface area contributed by atoms with Gasteiger partial charge in [-0.3, -0.25) is 4.79 Å². The number of nitrogens with zero attached hydrogens (tertiary/aromatic N) is 2. The summed E-state index contributed by atoms with van der Waals surface area (Å²) in [5.74, 6) is 0.972. The quantitative estimate of drug-likeness (QED) is 0.221. The summed E-state index contributed by atoms with van der Waals surface area (Å²) in [5, 5.41) is 4.28. The van der Waals surface area contributed by atoms with E-state index in [2.05, 4.69) is 34.1 Å². The van der Waals surface area contributed by atoms with Crippen LogP contribution < -0.4 is 10.1 Å². The summed E-state index contributed by atoms with van der Waals surface area (Å²) in [6, 6.07) is 16.2. The van der Waals surface area contributed by atoms with E-state index in [-0.39, 0.29) is 23.2 Å². The normalized spacial score (nSPS) is 12.8. The van der Waals surface area contributed by atoms with E-state index in [1.165, 1.54) is 25.6 Å². The van der Waals surface area contributed by atoms with E-state index < -0.39 is 5.41 Å². The Balaban J connectivity index is 1.45. The van der Waals surface area contributed by atoms with Crippen LogP contribution in [0.5, 0.6) is 5.75 Å². The lowest BCUT2D eigenvalue weighted by Gasteiger charge is -2.32. The molecular weight excluding hydrogens is 483 g/mol. The number of nitrogens with one attached hydrogen (secondary N) is 2. The van der Waals surface area contributed by atoms with Crippen LogP contribution in [0.2, 0.25) is 0 Å². The van der Waals surface area contributed by atoms with E-state index in [1.54, 1.807) is 12.1 Å². The minimum absolute atomic E-state index is 0.0640. The van der Waals surface area contributed by atoms with Crippen molar-refractivity contribution in [3.05, 3.63) is 72.3 Å². The fourth-order valence-corrected chi connectivity index (χ4v) is 4.86. The number of rotatable bonds is 10. The van der Waals surface area contributed by atoms with Gasteiger partial charge in [-0.1, -0.05) is 26.0 Å². The number of carbonyl (C=O) groups excluding carboxylic acids is 1. The number of hydrogen-bond acceptors (Lipinski definition) is 6. The van der Waals surface area contributed by atoms with Crippen LogP contribution in [0.25, 0.3) is 22.3 Å². The Morgan fingerprint density at radius 2 is 1.74 bits per heavy atom. The zero-order chi connectivity index (χ0) is 27.5. The Morgan fingerprint density at radius 1 is 1.05 bits per heavy atom. The van der Waals surface area contributed by atoms with Crippen LogP contribution in [0.3, 0.4) is 0 Å². The first-order valence-electron chi connectivity index (χ1n) is 12.6. The van der Waals surface area contributed by atoms with Crippen LogP contribution in [-0.2, 0) is 9.53 Å². The molecule has 0 saturated carbocycles. The highest BCUT2D eigenvalue weighted by Crippen LogP contribution is 2.35. The zero-order valence-corrected chi connectivity index (χ0v) is 22.8. The summed E-state index contributed by atoms with van der Waals surface area (Å²) in [7, 11) is 1.42. The number of aromatic amines is 1. The second-order valence-corrected chi connectivity index (χ2v) is 11.1. The zero-order valence-electron chi connectivity index (χ0n) is 22.8. The molecule has 0 aliphatic rings. The number of methoxy groups -OCH3 is 1. The predicted octanol–water partition coefficient (Wildman–Crippen LogP) is 6.93. The molecule has 8 heteroatoms. The van der Waals surface area contributed by atoms with Gasteiger partial charge in [0, 0.05) is 11.7 Å². The van der Waals surface area contributed by atoms with Crippen molar-refractivity contribution in [1.29, 1.82) is 0 Å². The summed E-state index contributed by atoms with van der Waals surface area (Å²) in [6.07, 6.45) is 2.15. The summed E-state index contributed by atoms with van der Waals surface area (Å²) >= 11 is 0. The maximum atomic E-state index is 13.3. The van der Waals surface area contributed by atoms with E-state index in [1.807, 2.05) is 51.1 Å². The third-order valence-corrected chi connectivity index (χ3v) is 6.60. The van der Waals surface area contributed by atoms with Gasteiger partial charge in [-0.15, -0.1) is 0 Å². The molecule has 2 aromatic carbocycles. The number of fused-ring (bicyclic) bond motifs is 1.